The summed E-state index contributed by atoms with van der Waals surface area (Å²) in [7, 11) is 0. The molecule has 3 saturated heterocycles. The number of carbonyl (C=O) groups is 1. The molecule has 24 heavy (non-hydrogen) atoms. The van der Waals surface area contributed by atoms with Crippen molar-refractivity contribution in [2.24, 2.45) is 5.92 Å². The molecule has 1 amide bonds. The van der Waals surface area contributed by atoms with Crippen molar-refractivity contribution in [1.82, 2.24) is 15.2 Å². The Morgan fingerprint density at radius 1 is 1.29 bits per heavy atom. The maximum absolute atomic E-state index is 12.2. The van der Waals surface area contributed by atoms with E-state index in [-0.39, 0.29) is 5.91 Å². The standard InChI is InChI=1S/C13H19N3OS.C6H4/c1-8-7-18-13(14-8)12(17)15-11-9(2)16-5-3-10(11)4-6-16;1-2-5-4-6(5)3-1/h7,9-11H,3-6H2,1-2H3,(H,15,17);1-4H/t9-,11-;/m0./s1. The predicted molar refractivity (Wildman–Crippen MR) is 97.3 cm³/mol. The van der Waals surface area contributed by atoms with Gasteiger partial charge in [0.15, 0.2) is 5.01 Å². The quantitative estimate of drug-likeness (QED) is 0.778. The summed E-state index contributed by atoms with van der Waals surface area (Å²) in [6.45, 7) is 6.52. The van der Waals surface area contributed by atoms with Gasteiger partial charge in [0.25, 0.3) is 5.91 Å². The molecule has 4 nitrogen and oxygen atoms in total. The summed E-state index contributed by atoms with van der Waals surface area (Å²) in [6, 6.07) is 9.24. The van der Waals surface area contributed by atoms with Crippen molar-refractivity contribution in [3.05, 3.63) is 40.3 Å². The summed E-state index contributed by atoms with van der Waals surface area (Å²) in [6.07, 6.45) is 2.43. The van der Waals surface area contributed by atoms with Crippen molar-refractivity contribution in [2.45, 2.75) is 38.8 Å². The van der Waals surface area contributed by atoms with E-state index in [4.69, 9.17) is 0 Å². The van der Waals surface area contributed by atoms with Crippen LogP contribution in [0.15, 0.2) is 29.6 Å². The Hall–Kier alpha value is -1.72. The lowest BCUT2D eigenvalue weighted by Crippen LogP contribution is -2.62. The number of hydrogen-bond donors (Lipinski definition) is 1. The minimum atomic E-state index is -0.00120. The number of nitrogens with one attached hydrogen (secondary N) is 1. The minimum absolute atomic E-state index is 0.00120. The average molecular weight is 341 g/mol. The van der Waals surface area contributed by atoms with E-state index in [1.165, 1.54) is 48.4 Å². The van der Waals surface area contributed by atoms with Gasteiger partial charge in [-0.1, -0.05) is 18.2 Å². The molecule has 3 fully saturated rings. The van der Waals surface area contributed by atoms with Crippen molar-refractivity contribution in [3.63, 3.8) is 0 Å². The number of fused-ring (bicyclic) bond motifs is 4. The smallest absolute Gasteiger partial charge is 0.280 e. The number of amides is 1. The van der Waals surface area contributed by atoms with Crippen LogP contribution in [0.25, 0.3) is 11.1 Å². The van der Waals surface area contributed by atoms with Gasteiger partial charge >= 0.3 is 0 Å². The number of thiazole rings is 1. The first-order valence-corrected chi connectivity index (χ1v) is 9.57. The fourth-order valence-electron chi connectivity index (χ4n) is 3.89. The first-order chi connectivity index (χ1) is 11.6. The zero-order valence-electron chi connectivity index (χ0n) is 14.2. The van der Waals surface area contributed by atoms with Gasteiger partial charge in [-0.25, -0.2) is 4.98 Å². The van der Waals surface area contributed by atoms with Crippen LogP contribution < -0.4 is 5.32 Å². The summed E-state index contributed by atoms with van der Waals surface area (Å²) in [4.78, 5) is 18.9. The summed E-state index contributed by atoms with van der Waals surface area (Å²) >= 11 is 1.43. The number of aromatic nitrogens is 1. The van der Waals surface area contributed by atoms with Gasteiger partial charge in [0.05, 0.1) is 0 Å². The Morgan fingerprint density at radius 2 is 2.00 bits per heavy atom. The molecule has 5 heteroatoms. The maximum Gasteiger partial charge on any atom is 0.280 e. The molecule has 0 spiro atoms. The van der Waals surface area contributed by atoms with Gasteiger partial charge in [-0.3, -0.25) is 9.69 Å². The van der Waals surface area contributed by atoms with Crippen molar-refractivity contribution in [1.29, 1.82) is 0 Å². The van der Waals surface area contributed by atoms with Crippen molar-refractivity contribution in [2.75, 3.05) is 13.1 Å². The third kappa shape index (κ3) is 3.10. The Kier molecular flexibility index (Phi) is 4.14. The number of carbonyl (C=O) groups excluding carboxylic acids is 1. The van der Waals surface area contributed by atoms with E-state index < -0.39 is 0 Å². The van der Waals surface area contributed by atoms with Crippen LogP contribution >= 0.6 is 11.3 Å². The molecule has 1 aromatic rings. The lowest BCUT2D eigenvalue weighted by molar-refractivity contribution is 0.0217. The van der Waals surface area contributed by atoms with Crippen molar-refractivity contribution >= 4 is 17.2 Å². The molecule has 0 radical (unpaired) electrons. The highest BCUT2D eigenvalue weighted by Gasteiger charge is 2.40. The molecule has 2 bridgehead atoms. The summed E-state index contributed by atoms with van der Waals surface area (Å²) < 4.78 is 0. The second kappa shape index (κ2) is 6.30. The minimum Gasteiger partial charge on any atom is -0.345 e. The molecule has 0 unspecified atom stereocenters. The first-order valence-electron chi connectivity index (χ1n) is 8.69. The van der Waals surface area contributed by atoms with E-state index in [9.17, 15) is 4.79 Å². The molecule has 126 valence electrons. The first kappa shape index (κ1) is 15.8. The Labute approximate surface area is 146 Å². The average Bonchev–Trinajstić information content (AvgIpc) is 2.97. The Balaban J connectivity index is 0.000000201. The summed E-state index contributed by atoms with van der Waals surface area (Å²) in [5, 5.41) is 5.72. The van der Waals surface area contributed by atoms with Gasteiger partial charge in [-0.05, 0) is 62.9 Å². The van der Waals surface area contributed by atoms with E-state index in [1.807, 2.05) is 12.3 Å². The van der Waals surface area contributed by atoms with Crippen LogP contribution in [0.1, 0.15) is 35.3 Å². The van der Waals surface area contributed by atoms with Gasteiger partial charge in [-0.15, -0.1) is 11.3 Å². The largest absolute Gasteiger partial charge is 0.345 e. The summed E-state index contributed by atoms with van der Waals surface area (Å²) in [5.41, 5.74) is 3.78. The molecule has 3 aliphatic heterocycles. The molecule has 0 aromatic carbocycles. The zero-order valence-corrected chi connectivity index (χ0v) is 15.0. The molecule has 2 atom stereocenters. The normalized spacial score (nSPS) is 28.8. The third-order valence-corrected chi connectivity index (χ3v) is 6.36. The van der Waals surface area contributed by atoms with Gasteiger partial charge in [-0.2, -0.15) is 0 Å². The summed E-state index contributed by atoms with van der Waals surface area (Å²) in [5.74, 6) is 0.647. The van der Waals surface area contributed by atoms with Crippen LogP contribution in [-0.2, 0) is 0 Å². The number of piperidine rings is 3. The highest BCUT2D eigenvalue weighted by Crippen LogP contribution is 2.33. The van der Waals surface area contributed by atoms with Crippen LogP contribution in [0.2, 0.25) is 0 Å². The van der Waals surface area contributed by atoms with Gasteiger partial charge < -0.3 is 5.32 Å². The number of aryl methyl sites for hydroxylation is 1. The molecule has 1 aromatic heterocycles. The van der Waals surface area contributed by atoms with E-state index in [2.05, 4.69) is 46.4 Å². The number of rotatable bonds is 2. The Morgan fingerprint density at radius 3 is 2.46 bits per heavy atom. The predicted octanol–water partition coefficient (Wildman–Crippen LogP) is 3.33. The van der Waals surface area contributed by atoms with Gasteiger partial charge in [0.2, 0.25) is 0 Å². The number of nitrogens with zero attached hydrogens (tertiary/aromatic N) is 2. The second-order valence-electron chi connectivity index (χ2n) is 6.99. The second-order valence-corrected chi connectivity index (χ2v) is 7.85. The molecule has 4 heterocycles. The molecule has 1 N–H and O–H groups in total. The fourth-order valence-corrected chi connectivity index (χ4v) is 4.59. The highest BCUT2D eigenvalue weighted by molar-refractivity contribution is 7.11. The Bertz CT molecular complexity index is 729. The van der Waals surface area contributed by atoms with Crippen LogP contribution in [0.5, 0.6) is 0 Å². The van der Waals surface area contributed by atoms with Crippen molar-refractivity contribution in [3.8, 4) is 11.1 Å². The molecule has 6 rings (SSSR count). The van der Waals surface area contributed by atoms with Crippen LogP contribution in [0.4, 0.5) is 0 Å². The monoisotopic (exact) mass is 341 g/mol. The van der Waals surface area contributed by atoms with Crippen LogP contribution in [0.3, 0.4) is 0 Å². The molecule has 0 saturated carbocycles. The van der Waals surface area contributed by atoms with E-state index in [0.717, 1.165) is 5.69 Å². The van der Waals surface area contributed by atoms with E-state index in [0.29, 0.717) is 23.0 Å². The van der Waals surface area contributed by atoms with Gasteiger partial charge in [0.1, 0.15) is 0 Å². The number of benzene rings is 1. The molecular weight excluding hydrogens is 318 g/mol. The highest BCUT2D eigenvalue weighted by atomic mass is 32.1. The molecular formula is C19H23N3OS. The lowest BCUT2D eigenvalue weighted by Gasteiger charge is -2.49. The van der Waals surface area contributed by atoms with Gasteiger partial charge in [0, 0.05) is 23.2 Å². The maximum atomic E-state index is 12.2. The SMILES string of the molecule is Cc1csc(C(=O)N[C@@H]2C3CCN(CC3)[C@H]2C)n1.c1cc2cc-2c1. The molecule has 5 aliphatic rings. The van der Waals surface area contributed by atoms with E-state index in [1.54, 1.807) is 0 Å². The lowest BCUT2D eigenvalue weighted by atomic mass is 9.79. The molecule has 2 aliphatic carbocycles. The topological polar surface area (TPSA) is 45.2 Å². The fraction of sp³-hybridized carbons (Fsp3) is 0.474. The van der Waals surface area contributed by atoms with Crippen LogP contribution in [-0.4, -0.2) is 41.0 Å². The van der Waals surface area contributed by atoms with Crippen molar-refractivity contribution < 1.29 is 4.79 Å². The number of hydrogen-bond acceptors (Lipinski definition) is 4. The van der Waals surface area contributed by atoms with Crippen LogP contribution in [0, 0.1) is 12.8 Å². The third-order valence-electron chi connectivity index (χ3n) is 5.40. The van der Waals surface area contributed by atoms with E-state index >= 15 is 0 Å². The zero-order chi connectivity index (χ0) is 16.7.